The first kappa shape index (κ1) is 34.2. The number of aromatic nitrogens is 2. The van der Waals surface area contributed by atoms with Crippen LogP contribution in [0, 0.1) is 17.1 Å². The standard InChI is InChI=1S/C35H38ClFN8O4S/c1-35(2,3)49-34(47)42-31-19(12-38)25-18(9-10-22(37)29(25)50-31)24-20-15-48-16-21(20)26-28(27(24)36)40-33(45-13-17(14-45)43(4)5)41-30(26)39-23-8-7-11-44(6)32(23)46/h9-10,17,23H,7-8,11,13-16H2,1-6H3,(H,42,47)(H,39,40,41)/t23-/m1/s1. The SMILES string of the molecule is CN1CCC[C@@H](Nc2nc(N3CC(N(C)C)C3)nc3c(Cl)c(-c4ccc(F)c5sc(NC(=O)OC(C)(C)C)c(C#N)c45)c4c(c23)COC4)C1=O. The van der Waals surface area contributed by atoms with Gasteiger partial charge in [0.25, 0.3) is 0 Å². The molecule has 3 aliphatic heterocycles. The zero-order valence-corrected chi connectivity index (χ0v) is 30.3. The molecule has 12 nitrogen and oxygen atoms in total. The van der Waals surface area contributed by atoms with Crippen molar-refractivity contribution in [2.24, 2.45) is 0 Å². The predicted molar refractivity (Wildman–Crippen MR) is 192 cm³/mol. The molecule has 2 amide bonds. The first-order valence-corrected chi connectivity index (χ1v) is 17.7. The van der Waals surface area contributed by atoms with Gasteiger partial charge in [0.15, 0.2) is 0 Å². The molecule has 0 aliphatic carbocycles. The maximum absolute atomic E-state index is 15.5. The molecule has 262 valence electrons. The number of nitriles is 1. The van der Waals surface area contributed by atoms with Crippen LogP contribution >= 0.6 is 22.9 Å². The average molecular weight is 721 g/mol. The molecule has 7 rings (SSSR count). The molecule has 2 aromatic carbocycles. The molecule has 4 aromatic rings. The number of nitrogens with one attached hydrogen (secondary N) is 2. The van der Waals surface area contributed by atoms with Crippen LogP contribution in [0.15, 0.2) is 12.1 Å². The zero-order valence-electron chi connectivity index (χ0n) is 28.7. The third-order valence-corrected chi connectivity index (χ3v) is 10.9. The quantitative estimate of drug-likeness (QED) is 0.232. The molecule has 0 saturated carbocycles. The fourth-order valence-electron chi connectivity index (χ4n) is 6.79. The monoisotopic (exact) mass is 720 g/mol. The molecular formula is C35H38ClFN8O4S. The summed E-state index contributed by atoms with van der Waals surface area (Å²) in [5, 5.41) is 17.9. The van der Waals surface area contributed by atoms with E-state index in [-0.39, 0.29) is 39.4 Å². The second-order valence-corrected chi connectivity index (χ2v) is 15.6. The Morgan fingerprint density at radius 2 is 1.94 bits per heavy atom. The second kappa shape index (κ2) is 12.8. The van der Waals surface area contributed by atoms with Crippen LogP contribution in [-0.4, -0.2) is 90.2 Å². The number of amides is 2. The first-order chi connectivity index (χ1) is 23.8. The van der Waals surface area contributed by atoms with Gasteiger partial charge in [-0.3, -0.25) is 10.1 Å². The van der Waals surface area contributed by atoms with Gasteiger partial charge in [0.1, 0.15) is 34.3 Å². The molecule has 2 saturated heterocycles. The fourth-order valence-corrected chi connectivity index (χ4v) is 8.21. The van der Waals surface area contributed by atoms with Gasteiger partial charge in [-0.15, -0.1) is 11.3 Å². The topological polar surface area (TPSA) is 136 Å². The Balaban J connectivity index is 1.43. The van der Waals surface area contributed by atoms with Gasteiger partial charge in [-0.2, -0.15) is 10.2 Å². The van der Waals surface area contributed by atoms with E-state index in [4.69, 9.17) is 31.0 Å². The Bertz CT molecular complexity index is 2100. The largest absolute Gasteiger partial charge is 0.444 e. The number of hydrogen-bond acceptors (Lipinski definition) is 11. The van der Waals surface area contributed by atoms with E-state index in [1.54, 1.807) is 38.8 Å². The minimum atomic E-state index is -0.777. The normalized spacial score (nSPS) is 18.1. The molecule has 50 heavy (non-hydrogen) atoms. The Kier molecular flexibility index (Phi) is 8.74. The van der Waals surface area contributed by atoms with Gasteiger partial charge in [0.05, 0.1) is 39.4 Å². The lowest BCUT2D eigenvalue weighted by Crippen LogP contribution is -2.58. The van der Waals surface area contributed by atoms with Crippen LogP contribution in [0.1, 0.15) is 50.3 Å². The molecule has 5 heterocycles. The van der Waals surface area contributed by atoms with E-state index in [1.165, 1.54) is 6.07 Å². The third kappa shape index (κ3) is 5.96. The Labute approximate surface area is 298 Å². The van der Waals surface area contributed by atoms with Crippen LogP contribution in [0.3, 0.4) is 0 Å². The first-order valence-electron chi connectivity index (χ1n) is 16.5. The van der Waals surface area contributed by atoms with Gasteiger partial charge in [-0.05, 0) is 70.5 Å². The number of benzene rings is 2. The number of piperidine rings is 1. The van der Waals surface area contributed by atoms with E-state index in [9.17, 15) is 14.9 Å². The maximum atomic E-state index is 15.5. The summed E-state index contributed by atoms with van der Waals surface area (Å²) >= 11 is 8.36. The molecule has 0 bridgehead atoms. The van der Waals surface area contributed by atoms with E-state index in [2.05, 4.69) is 26.5 Å². The summed E-state index contributed by atoms with van der Waals surface area (Å²) in [5.41, 5.74) is 2.41. The lowest BCUT2D eigenvalue weighted by atomic mass is 9.90. The third-order valence-electron chi connectivity index (χ3n) is 9.42. The number of carbonyl (C=O) groups is 2. The van der Waals surface area contributed by atoms with Crippen molar-refractivity contribution in [2.75, 3.05) is 56.3 Å². The van der Waals surface area contributed by atoms with Crippen molar-refractivity contribution < 1.29 is 23.5 Å². The molecule has 1 atom stereocenters. The van der Waals surface area contributed by atoms with Gasteiger partial charge in [0.2, 0.25) is 11.9 Å². The number of nitrogens with zero attached hydrogens (tertiary/aromatic N) is 6. The van der Waals surface area contributed by atoms with Crippen LogP contribution in [0.2, 0.25) is 5.02 Å². The lowest BCUT2D eigenvalue weighted by molar-refractivity contribution is -0.132. The number of anilines is 3. The molecule has 2 fully saturated rings. The van der Waals surface area contributed by atoms with Crippen LogP contribution in [0.25, 0.3) is 32.1 Å². The van der Waals surface area contributed by atoms with Crippen molar-refractivity contribution in [3.05, 3.63) is 39.7 Å². The number of carbonyl (C=O) groups excluding carboxylic acids is 2. The number of hydrogen-bond donors (Lipinski definition) is 2. The van der Waals surface area contributed by atoms with E-state index in [0.717, 1.165) is 28.9 Å². The second-order valence-electron chi connectivity index (χ2n) is 14.2. The van der Waals surface area contributed by atoms with Crippen LogP contribution < -0.4 is 15.5 Å². The van der Waals surface area contributed by atoms with Crippen LogP contribution in [0.4, 0.5) is 26.0 Å². The van der Waals surface area contributed by atoms with Gasteiger partial charge >= 0.3 is 6.09 Å². The zero-order chi connectivity index (χ0) is 35.6. The van der Waals surface area contributed by atoms with Crippen LogP contribution in [0.5, 0.6) is 0 Å². The van der Waals surface area contributed by atoms with E-state index < -0.39 is 23.6 Å². The number of likely N-dealkylation sites (tertiary alicyclic amines) is 1. The molecule has 2 aromatic heterocycles. The summed E-state index contributed by atoms with van der Waals surface area (Å²) in [7, 11) is 5.87. The summed E-state index contributed by atoms with van der Waals surface area (Å²) in [6.45, 7) is 7.76. The summed E-state index contributed by atoms with van der Waals surface area (Å²) < 4.78 is 27.1. The summed E-state index contributed by atoms with van der Waals surface area (Å²) in [6, 6.07) is 4.97. The predicted octanol–water partition coefficient (Wildman–Crippen LogP) is 6.34. The minimum absolute atomic E-state index is 0.0113. The van der Waals surface area contributed by atoms with Gasteiger partial charge in [0, 0.05) is 43.7 Å². The van der Waals surface area contributed by atoms with Crippen molar-refractivity contribution in [1.29, 1.82) is 5.26 Å². The summed E-state index contributed by atoms with van der Waals surface area (Å²) in [4.78, 5) is 41.9. The average Bonchev–Trinajstić information content (AvgIpc) is 3.64. The van der Waals surface area contributed by atoms with Crippen LogP contribution in [-0.2, 0) is 27.5 Å². The van der Waals surface area contributed by atoms with Crippen molar-refractivity contribution in [3.63, 3.8) is 0 Å². The molecule has 15 heteroatoms. The Morgan fingerprint density at radius 1 is 1.20 bits per heavy atom. The van der Waals surface area contributed by atoms with E-state index >= 15 is 4.39 Å². The van der Waals surface area contributed by atoms with E-state index in [1.807, 2.05) is 14.1 Å². The van der Waals surface area contributed by atoms with Gasteiger partial charge in [-0.1, -0.05) is 17.7 Å². The highest BCUT2D eigenvalue weighted by atomic mass is 35.5. The minimum Gasteiger partial charge on any atom is -0.444 e. The number of thiophene rings is 1. The van der Waals surface area contributed by atoms with Gasteiger partial charge < -0.3 is 29.5 Å². The van der Waals surface area contributed by atoms with Gasteiger partial charge in [-0.25, -0.2) is 14.2 Å². The maximum Gasteiger partial charge on any atom is 0.412 e. The van der Waals surface area contributed by atoms with Crippen molar-refractivity contribution in [1.82, 2.24) is 19.8 Å². The van der Waals surface area contributed by atoms with E-state index in [0.29, 0.717) is 71.3 Å². The fraction of sp³-hybridized carbons (Fsp3) is 0.457. The highest BCUT2D eigenvalue weighted by Gasteiger charge is 2.35. The highest BCUT2D eigenvalue weighted by molar-refractivity contribution is 7.23. The number of fused-ring (bicyclic) bond motifs is 4. The molecule has 0 radical (unpaired) electrons. The molecule has 2 N–H and O–H groups in total. The summed E-state index contributed by atoms with van der Waals surface area (Å²) in [5.74, 6) is 0.424. The lowest BCUT2D eigenvalue weighted by Gasteiger charge is -2.43. The number of rotatable bonds is 6. The number of ether oxygens (including phenoxy) is 2. The molecule has 0 unspecified atom stereocenters. The molecular weight excluding hydrogens is 683 g/mol. The van der Waals surface area contributed by atoms with Crippen molar-refractivity contribution in [2.45, 2.75) is 64.5 Å². The Hall–Kier alpha value is -4.29. The van der Waals surface area contributed by atoms with Crippen molar-refractivity contribution in [3.8, 4) is 17.2 Å². The number of likely N-dealkylation sites (N-methyl/N-ethyl adjacent to an activating group) is 2. The Morgan fingerprint density at radius 3 is 2.64 bits per heavy atom. The van der Waals surface area contributed by atoms with Crippen molar-refractivity contribution >= 4 is 72.7 Å². The molecule has 3 aliphatic rings. The summed E-state index contributed by atoms with van der Waals surface area (Å²) in [6.07, 6.45) is 0.754. The smallest absolute Gasteiger partial charge is 0.412 e. The molecule has 0 spiro atoms. The number of halogens is 2. The highest BCUT2D eigenvalue weighted by Crippen LogP contribution is 2.50.